The molecule has 0 fully saturated rings. The summed E-state index contributed by atoms with van der Waals surface area (Å²) in [6.07, 6.45) is 4.85. The summed E-state index contributed by atoms with van der Waals surface area (Å²) in [7, 11) is 0. The van der Waals surface area contributed by atoms with E-state index in [1.165, 1.54) is 11.3 Å². The van der Waals surface area contributed by atoms with Crippen molar-refractivity contribution in [2.75, 3.05) is 11.9 Å². The van der Waals surface area contributed by atoms with Gasteiger partial charge in [0.2, 0.25) is 16.9 Å². The van der Waals surface area contributed by atoms with Crippen LogP contribution in [0.2, 0.25) is 5.02 Å². The van der Waals surface area contributed by atoms with Crippen molar-refractivity contribution < 1.29 is 9.59 Å². The third-order valence-electron chi connectivity index (χ3n) is 5.64. The SMILES string of the molecule is CCCCCCC(=O)N(CCC(=O)Nc1nnc(-c2cccc(Cl)c2)s1)[C@@H](C)c1ccccc1. The molecule has 0 spiro atoms. The highest BCUT2D eigenvalue weighted by atomic mass is 35.5. The number of carbonyl (C=O) groups excluding carboxylic acids is 2. The van der Waals surface area contributed by atoms with E-state index in [1.807, 2.05) is 60.4 Å². The van der Waals surface area contributed by atoms with Crippen molar-refractivity contribution in [2.24, 2.45) is 0 Å². The van der Waals surface area contributed by atoms with E-state index in [0.29, 0.717) is 28.1 Å². The van der Waals surface area contributed by atoms with Gasteiger partial charge in [-0.2, -0.15) is 0 Å². The van der Waals surface area contributed by atoms with Gasteiger partial charge in [-0.3, -0.25) is 9.59 Å². The predicted molar refractivity (Wildman–Crippen MR) is 139 cm³/mol. The number of benzene rings is 2. The molecule has 0 bridgehead atoms. The lowest BCUT2D eigenvalue weighted by Crippen LogP contribution is -2.36. The lowest BCUT2D eigenvalue weighted by molar-refractivity contribution is -0.134. The Kier molecular flexibility index (Phi) is 10.0. The first-order chi connectivity index (χ1) is 16.5. The van der Waals surface area contributed by atoms with Crippen LogP contribution in [0.5, 0.6) is 0 Å². The van der Waals surface area contributed by atoms with Gasteiger partial charge in [-0.1, -0.05) is 91.6 Å². The zero-order valence-corrected chi connectivity index (χ0v) is 21.2. The number of unbranched alkanes of at least 4 members (excludes halogenated alkanes) is 3. The monoisotopic (exact) mass is 498 g/mol. The molecule has 0 aliphatic heterocycles. The van der Waals surface area contributed by atoms with Crippen LogP contribution in [0.25, 0.3) is 10.6 Å². The van der Waals surface area contributed by atoms with Gasteiger partial charge in [-0.25, -0.2) is 0 Å². The molecule has 8 heteroatoms. The van der Waals surface area contributed by atoms with Crippen LogP contribution in [-0.4, -0.2) is 33.5 Å². The Morgan fingerprint density at radius 2 is 1.82 bits per heavy atom. The lowest BCUT2D eigenvalue weighted by atomic mass is 10.1. The highest BCUT2D eigenvalue weighted by Gasteiger charge is 2.22. The van der Waals surface area contributed by atoms with Gasteiger partial charge in [-0.15, -0.1) is 10.2 Å². The fraction of sp³-hybridized carbons (Fsp3) is 0.385. The fourth-order valence-electron chi connectivity index (χ4n) is 3.71. The summed E-state index contributed by atoms with van der Waals surface area (Å²) >= 11 is 7.34. The number of hydrogen-bond acceptors (Lipinski definition) is 5. The van der Waals surface area contributed by atoms with E-state index < -0.39 is 0 Å². The average Bonchev–Trinajstić information content (AvgIpc) is 3.31. The van der Waals surface area contributed by atoms with Gasteiger partial charge in [0, 0.05) is 30.0 Å². The summed E-state index contributed by atoms with van der Waals surface area (Å²) in [6.45, 7) is 4.51. The van der Waals surface area contributed by atoms with Crippen molar-refractivity contribution in [1.82, 2.24) is 15.1 Å². The summed E-state index contributed by atoms with van der Waals surface area (Å²) < 4.78 is 0. The van der Waals surface area contributed by atoms with Gasteiger partial charge >= 0.3 is 0 Å². The maximum absolute atomic E-state index is 13.0. The van der Waals surface area contributed by atoms with Crippen molar-refractivity contribution in [1.29, 1.82) is 0 Å². The highest BCUT2D eigenvalue weighted by molar-refractivity contribution is 7.18. The number of nitrogens with one attached hydrogen (secondary N) is 1. The van der Waals surface area contributed by atoms with Gasteiger partial charge in [0.25, 0.3) is 0 Å². The Balaban J connectivity index is 1.61. The van der Waals surface area contributed by atoms with E-state index >= 15 is 0 Å². The molecule has 1 atom stereocenters. The Labute approximate surface area is 210 Å². The minimum Gasteiger partial charge on any atom is -0.335 e. The van der Waals surface area contributed by atoms with Gasteiger partial charge in [-0.05, 0) is 31.0 Å². The molecule has 0 saturated heterocycles. The normalized spacial score (nSPS) is 11.7. The predicted octanol–water partition coefficient (Wildman–Crippen LogP) is 6.75. The van der Waals surface area contributed by atoms with Gasteiger partial charge < -0.3 is 10.2 Å². The molecule has 34 heavy (non-hydrogen) atoms. The van der Waals surface area contributed by atoms with Gasteiger partial charge in [0.15, 0.2) is 0 Å². The fourth-order valence-corrected chi connectivity index (χ4v) is 4.65. The van der Waals surface area contributed by atoms with Crippen LogP contribution in [0.15, 0.2) is 54.6 Å². The Hall–Kier alpha value is -2.77. The molecule has 1 heterocycles. The molecule has 3 rings (SSSR count). The first-order valence-electron chi connectivity index (χ1n) is 11.7. The second kappa shape index (κ2) is 13.2. The molecule has 0 aliphatic carbocycles. The first kappa shape index (κ1) is 25.8. The minimum absolute atomic E-state index is 0.0828. The molecule has 0 radical (unpaired) electrons. The largest absolute Gasteiger partial charge is 0.335 e. The molecule has 2 amide bonds. The molecule has 6 nitrogen and oxygen atoms in total. The number of amides is 2. The van der Waals surface area contributed by atoms with Crippen LogP contribution in [0.1, 0.15) is 64.0 Å². The second-order valence-electron chi connectivity index (χ2n) is 8.21. The van der Waals surface area contributed by atoms with E-state index in [1.54, 1.807) is 6.07 Å². The molecule has 3 aromatic rings. The van der Waals surface area contributed by atoms with E-state index in [0.717, 1.165) is 36.8 Å². The molecule has 0 aliphatic rings. The van der Waals surface area contributed by atoms with E-state index in [2.05, 4.69) is 22.4 Å². The number of hydrogen-bond donors (Lipinski definition) is 1. The molecular weight excluding hydrogens is 468 g/mol. The highest BCUT2D eigenvalue weighted by Crippen LogP contribution is 2.28. The molecule has 0 saturated carbocycles. The van der Waals surface area contributed by atoms with Crippen molar-refractivity contribution >= 4 is 39.9 Å². The average molecular weight is 499 g/mol. The molecule has 0 unspecified atom stereocenters. The third kappa shape index (κ3) is 7.64. The summed E-state index contributed by atoms with van der Waals surface area (Å²) in [5.74, 6) is -0.114. The number of carbonyl (C=O) groups is 2. The quantitative estimate of drug-likeness (QED) is 0.280. The Bertz CT molecular complexity index is 1070. The lowest BCUT2D eigenvalue weighted by Gasteiger charge is -2.29. The van der Waals surface area contributed by atoms with Crippen LogP contribution in [0, 0.1) is 0 Å². The van der Waals surface area contributed by atoms with Crippen LogP contribution in [-0.2, 0) is 9.59 Å². The molecule has 1 aromatic heterocycles. The van der Waals surface area contributed by atoms with Gasteiger partial charge in [0.1, 0.15) is 5.01 Å². The zero-order valence-electron chi connectivity index (χ0n) is 19.7. The second-order valence-corrected chi connectivity index (χ2v) is 9.62. The van der Waals surface area contributed by atoms with Crippen molar-refractivity contribution in [3.05, 3.63) is 65.2 Å². The van der Waals surface area contributed by atoms with E-state index in [9.17, 15) is 9.59 Å². The topological polar surface area (TPSA) is 75.2 Å². The van der Waals surface area contributed by atoms with E-state index in [4.69, 9.17) is 11.6 Å². The molecule has 180 valence electrons. The summed E-state index contributed by atoms with van der Waals surface area (Å²) in [4.78, 5) is 27.5. The summed E-state index contributed by atoms with van der Waals surface area (Å²) in [6, 6.07) is 17.2. The summed E-state index contributed by atoms with van der Waals surface area (Å²) in [5, 5.41) is 12.8. The maximum Gasteiger partial charge on any atom is 0.227 e. The smallest absolute Gasteiger partial charge is 0.227 e. The maximum atomic E-state index is 13.0. The van der Waals surface area contributed by atoms with Crippen LogP contribution >= 0.6 is 22.9 Å². The number of aromatic nitrogens is 2. The van der Waals surface area contributed by atoms with Crippen molar-refractivity contribution in [3.63, 3.8) is 0 Å². The number of nitrogens with zero attached hydrogens (tertiary/aromatic N) is 3. The number of halogens is 1. The van der Waals surface area contributed by atoms with Crippen molar-refractivity contribution in [2.45, 2.75) is 58.4 Å². The standard InChI is InChI=1S/C26H31ClN4O2S/c1-3-4-5-9-15-24(33)31(19(2)20-11-7-6-8-12-20)17-16-23(32)28-26-30-29-25(34-26)21-13-10-14-22(27)18-21/h6-8,10-14,18-19H,3-5,9,15-17H2,1-2H3,(H,28,30,32)/t19-/m0/s1. The zero-order chi connectivity index (χ0) is 24.3. The Morgan fingerprint density at radius 1 is 1.03 bits per heavy atom. The molecular formula is C26H31ClN4O2S. The number of anilines is 1. The minimum atomic E-state index is -0.196. The van der Waals surface area contributed by atoms with Gasteiger partial charge in [0.05, 0.1) is 6.04 Å². The van der Waals surface area contributed by atoms with Crippen LogP contribution < -0.4 is 5.32 Å². The Morgan fingerprint density at radius 3 is 2.56 bits per heavy atom. The first-order valence-corrected chi connectivity index (χ1v) is 12.9. The van der Waals surface area contributed by atoms with Crippen LogP contribution in [0.3, 0.4) is 0 Å². The van der Waals surface area contributed by atoms with Crippen LogP contribution in [0.4, 0.5) is 5.13 Å². The molecule has 2 aromatic carbocycles. The van der Waals surface area contributed by atoms with Crippen molar-refractivity contribution in [3.8, 4) is 10.6 Å². The molecule has 1 N–H and O–H groups in total. The third-order valence-corrected chi connectivity index (χ3v) is 6.76. The van der Waals surface area contributed by atoms with E-state index in [-0.39, 0.29) is 24.3 Å². The summed E-state index contributed by atoms with van der Waals surface area (Å²) in [5.41, 5.74) is 1.90. The number of rotatable bonds is 12.